The highest BCUT2D eigenvalue weighted by Crippen LogP contribution is 2.41. The average Bonchev–Trinajstić information content (AvgIpc) is 2.45. The average molecular weight is 211 g/mol. The van der Waals surface area contributed by atoms with Gasteiger partial charge in [0.2, 0.25) is 5.91 Å². The van der Waals surface area contributed by atoms with Crippen LogP contribution in [0.5, 0.6) is 0 Å². The fourth-order valence-corrected chi connectivity index (χ4v) is 2.85. The molecule has 4 heteroatoms. The van der Waals surface area contributed by atoms with Gasteiger partial charge in [-0.2, -0.15) is 0 Å². The first-order valence-electron chi connectivity index (χ1n) is 5.61. The second kappa shape index (κ2) is 3.83. The Balaban J connectivity index is 2.12. The standard InChI is InChI=1S/C11H17NO3/c1-7(13)12-6-5-9(8-3-2-4-8)10(12)11(14)15/h8-10H,2-6H2,1H3,(H,14,15)/t9-,10-/m0/s1. The molecule has 1 saturated heterocycles. The summed E-state index contributed by atoms with van der Waals surface area (Å²) < 4.78 is 0. The zero-order valence-corrected chi connectivity index (χ0v) is 8.98. The normalized spacial score (nSPS) is 31.4. The van der Waals surface area contributed by atoms with Gasteiger partial charge in [0.05, 0.1) is 0 Å². The maximum absolute atomic E-state index is 11.3. The highest BCUT2D eigenvalue weighted by molar-refractivity contribution is 5.83. The van der Waals surface area contributed by atoms with Gasteiger partial charge in [-0.3, -0.25) is 4.79 Å². The topological polar surface area (TPSA) is 57.6 Å². The lowest BCUT2D eigenvalue weighted by molar-refractivity contribution is -0.149. The Labute approximate surface area is 89.3 Å². The summed E-state index contributed by atoms with van der Waals surface area (Å²) in [7, 11) is 0. The first-order chi connectivity index (χ1) is 7.11. The minimum atomic E-state index is -0.834. The molecular weight excluding hydrogens is 194 g/mol. The van der Waals surface area contributed by atoms with Crippen molar-refractivity contribution in [2.24, 2.45) is 11.8 Å². The lowest BCUT2D eigenvalue weighted by atomic mass is 9.73. The van der Waals surface area contributed by atoms with Gasteiger partial charge in [0.15, 0.2) is 0 Å². The first kappa shape index (κ1) is 10.5. The van der Waals surface area contributed by atoms with Gasteiger partial charge >= 0.3 is 5.97 Å². The van der Waals surface area contributed by atoms with E-state index in [0.717, 1.165) is 19.3 Å². The van der Waals surface area contributed by atoms with Crippen LogP contribution in [0.2, 0.25) is 0 Å². The van der Waals surface area contributed by atoms with E-state index in [2.05, 4.69) is 0 Å². The summed E-state index contributed by atoms with van der Waals surface area (Å²) in [4.78, 5) is 24.0. The van der Waals surface area contributed by atoms with Crippen molar-refractivity contribution in [3.63, 3.8) is 0 Å². The van der Waals surface area contributed by atoms with Crippen LogP contribution in [-0.4, -0.2) is 34.5 Å². The third-order valence-corrected chi connectivity index (χ3v) is 3.86. The molecule has 0 aromatic rings. The van der Waals surface area contributed by atoms with Crippen LogP contribution in [0, 0.1) is 11.8 Å². The quantitative estimate of drug-likeness (QED) is 0.744. The number of carboxylic acid groups (broad SMARTS) is 1. The molecule has 0 aromatic heterocycles. The molecule has 2 atom stereocenters. The molecule has 2 rings (SSSR count). The summed E-state index contributed by atoms with van der Waals surface area (Å²) in [6.45, 7) is 2.08. The van der Waals surface area contributed by atoms with Crippen molar-refractivity contribution in [1.82, 2.24) is 4.90 Å². The van der Waals surface area contributed by atoms with Crippen LogP contribution < -0.4 is 0 Å². The number of hydrogen-bond acceptors (Lipinski definition) is 2. The predicted molar refractivity (Wildman–Crippen MR) is 54.3 cm³/mol. The molecule has 1 amide bonds. The highest BCUT2D eigenvalue weighted by atomic mass is 16.4. The molecule has 84 valence electrons. The molecule has 2 fully saturated rings. The Morgan fingerprint density at radius 2 is 1.93 bits per heavy atom. The summed E-state index contributed by atoms with van der Waals surface area (Å²) in [6, 6.07) is -0.562. The number of nitrogens with zero attached hydrogens (tertiary/aromatic N) is 1. The van der Waals surface area contributed by atoms with Gasteiger partial charge < -0.3 is 10.0 Å². The molecule has 15 heavy (non-hydrogen) atoms. The van der Waals surface area contributed by atoms with Crippen molar-refractivity contribution < 1.29 is 14.7 Å². The van der Waals surface area contributed by atoms with Gasteiger partial charge in [0.25, 0.3) is 0 Å². The van der Waals surface area contributed by atoms with Crippen molar-refractivity contribution in [2.75, 3.05) is 6.54 Å². The van der Waals surface area contributed by atoms with E-state index in [4.69, 9.17) is 0 Å². The largest absolute Gasteiger partial charge is 0.480 e. The molecule has 4 nitrogen and oxygen atoms in total. The summed E-state index contributed by atoms with van der Waals surface area (Å²) in [5.41, 5.74) is 0. The van der Waals surface area contributed by atoms with Crippen molar-refractivity contribution in [3.05, 3.63) is 0 Å². The zero-order chi connectivity index (χ0) is 11.0. The number of likely N-dealkylation sites (tertiary alicyclic amines) is 1. The highest BCUT2D eigenvalue weighted by Gasteiger charge is 2.45. The second-order valence-electron chi connectivity index (χ2n) is 4.64. The smallest absolute Gasteiger partial charge is 0.326 e. The van der Waals surface area contributed by atoms with Crippen LogP contribution in [0.4, 0.5) is 0 Å². The monoisotopic (exact) mass is 211 g/mol. The van der Waals surface area contributed by atoms with Gasteiger partial charge in [-0.25, -0.2) is 4.79 Å². The Morgan fingerprint density at radius 1 is 1.27 bits per heavy atom. The molecule has 1 heterocycles. The zero-order valence-electron chi connectivity index (χ0n) is 8.98. The van der Waals surface area contributed by atoms with Gasteiger partial charge in [0.1, 0.15) is 6.04 Å². The second-order valence-corrected chi connectivity index (χ2v) is 4.64. The van der Waals surface area contributed by atoms with Crippen molar-refractivity contribution in [1.29, 1.82) is 0 Å². The number of amides is 1. The number of carbonyl (C=O) groups excluding carboxylic acids is 1. The number of carbonyl (C=O) groups is 2. The van der Waals surface area contributed by atoms with E-state index >= 15 is 0 Å². The fraction of sp³-hybridized carbons (Fsp3) is 0.818. The van der Waals surface area contributed by atoms with E-state index in [1.54, 1.807) is 0 Å². The van der Waals surface area contributed by atoms with E-state index in [1.165, 1.54) is 18.2 Å². The molecule has 1 N–H and O–H groups in total. The molecular formula is C11H17NO3. The maximum atomic E-state index is 11.3. The minimum Gasteiger partial charge on any atom is -0.480 e. The van der Waals surface area contributed by atoms with E-state index in [1.807, 2.05) is 0 Å². The first-order valence-corrected chi connectivity index (χ1v) is 5.61. The number of rotatable bonds is 2. The summed E-state index contributed by atoms with van der Waals surface area (Å²) >= 11 is 0. The molecule has 1 aliphatic heterocycles. The number of hydrogen-bond donors (Lipinski definition) is 1. The van der Waals surface area contributed by atoms with E-state index in [-0.39, 0.29) is 11.8 Å². The number of carboxylic acids is 1. The Morgan fingerprint density at radius 3 is 2.33 bits per heavy atom. The molecule has 1 saturated carbocycles. The molecule has 0 radical (unpaired) electrons. The van der Waals surface area contributed by atoms with Crippen LogP contribution in [0.25, 0.3) is 0 Å². The number of aliphatic carboxylic acids is 1. The van der Waals surface area contributed by atoms with Crippen LogP contribution in [0.1, 0.15) is 32.6 Å². The van der Waals surface area contributed by atoms with Crippen molar-refractivity contribution >= 4 is 11.9 Å². The van der Waals surface area contributed by atoms with Gasteiger partial charge in [0, 0.05) is 13.5 Å². The summed E-state index contributed by atoms with van der Waals surface area (Å²) in [5.74, 6) is -0.209. The summed E-state index contributed by atoms with van der Waals surface area (Å²) in [5, 5.41) is 9.18. The Hall–Kier alpha value is -1.06. The van der Waals surface area contributed by atoms with E-state index in [0.29, 0.717) is 12.5 Å². The molecule has 2 aliphatic rings. The Bertz CT molecular complexity index is 286. The maximum Gasteiger partial charge on any atom is 0.326 e. The molecule has 0 spiro atoms. The van der Waals surface area contributed by atoms with Crippen LogP contribution in [0.15, 0.2) is 0 Å². The Kier molecular flexibility index (Phi) is 2.67. The molecule has 0 bridgehead atoms. The lowest BCUT2D eigenvalue weighted by Crippen LogP contribution is -2.44. The SMILES string of the molecule is CC(=O)N1CC[C@@H](C2CCC2)[C@H]1C(=O)O. The van der Waals surface area contributed by atoms with Gasteiger partial charge in [-0.05, 0) is 18.3 Å². The van der Waals surface area contributed by atoms with Crippen LogP contribution >= 0.6 is 0 Å². The lowest BCUT2D eigenvalue weighted by Gasteiger charge is -2.34. The molecule has 0 unspecified atom stereocenters. The van der Waals surface area contributed by atoms with E-state index in [9.17, 15) is 14.7 Å². The summed E-state index contributed by atoms with van der Waals surface area (Å²) in [6.07, 6.45) is 4.36. The third kappa shape index (κ3) is 1.73. The minimum absolute atomic E-state index is 0.107. The predicted octanol–water partition coefficient (Wildman–Crippen LogP) is 1.11. The van der Waals surface area contributed by atoms with Crippen molar-refractivity contribution in [2.45, 2.75) is 38.6 Å². The van der Waals surface area contributed by atoms with Crippen molar-refractivity contribution in [3.8, 4) is 0 Å². The fourth-order valence-electron chi connectivity index (χ4n) is 2.85. The van der Waals surface area contributed by atoms with E-state index < -0.39 is 12.0 Å². The van der Waals surface area contributed by atoms with Crippen LogP contribution in [-0.2, 0) is 9.59 Å². The van der Waals surface area contributed by atoms with Gasteiger partial charge in [-0.15, -0.1) is 0 Å². The molecule has 1 aliphatic carbocycles. The van der Waals surface area contributed by atoms with Gasteiger partial charge in [-0.1, -0.05) is 19.3 Å². The molecule has 0 aromatic carbocycles. The van der Waals surface area contributed by atoms with Crippen LogP contribution in [0.3, 0.4) is 0 Å². The third-order valence-electron chi connectivity index (χ3n) is 3.86.